The summed E-state index contributed by atoms with van der Waals surface area (Å²) in [6.07, 6.45) is 5.47. The van der Waals surface area contributed by atoms with Gasteiger partial charge in [0, 0.05) is 18.6 Å². The van der Waals surface area contributed by atoms with Crippen molar-refractivity contribution >= 4 is 5.57 Å². The van der Waals surface area contributed by atoms with E-state index in [4.69, 9.17) is 0 Å². The summed E-state index contributed by atoms with van der Waals surface area (Å²) in [5, 5.41) is 0. The van der Waals surface area contributed by atoms with Crippen LogP contribution >= 0.6 is 0 Å². The molecule has 0 heterocycles. The number of nitrogens with zero attached hydrogens (tertiary/aromatic N) is 1. The first-order valence-electron chi connectivity index (χ1n) is 8.51. The predicted molar refractivity (Wildman–Crippen MR) is 97.2 cm³/mol. The van der Waals surface area contributed by atoms with Crippen molar-refractivity contribution in [3.05, 3.63) is 90.0 Å². The Balaban J connectivity index is 1.73. The van der Waals surface area contributed by atoms with E-state index in [-0.39, 0.29) is 0 Å². The minimum Gasteiger partial charge on any atom is -0.285 e. The van der Waals surface area contributed by atoms with Crippen LogP contribution in [0.1, 0.15) is 47.2 Å². The van der Waals surface area contributed by atoms with Crippen molar-refractivity contribution in [3.63, 3.8) is 0 Å². The summed E-state index contributed by atoms with van der Waals surface area (Å²) in [6.45, 7) is 9.24. The molecule has 0 saturated heterocycles. The summed E-state index contributed by atoms with van der Waals surface area (Å²) in [6, 6.07) is 18.6. The van der Waals surface area contributed by atoms with Crippen LogP contribution in [-0.4, -0.2) is 11.4 Å². The summed E-state index contributed by atoms with van der Waals surface area (Å²) in [5.41, 5.74) is 7.06. The van der Waals surface area contributed by atoms with Gasteiger partial charge in [0.25, 0.3) is 0 Å². The first kappa shape index (κ1) is 14.5. The summed E-state index contributed by atoms with van der Waals surface area (Å²) in [4.78, 5) is 2.63. The molecule has 0 amide bonds. The van der Waals surface area contributed by atoms with E-state index in [9.17, 15) is 0 Å². The molecule has 1 nitrogen and oxygen atoms in total. The largest absolute Gasteiger partial charge is 0.285 e. The van der Waals surface area contributed by atoms with Crippen LogP contribution in [0.25, 0.3) is 5.57 Å². The number of hydrogen-bond acceptors (Lipinski definition) is 1. The minimum atomic E-state index is 0.424. The van der Waals surface area contributed by atoms with Crippen molar-refractivity contribution in [3.8, 4) is 0 Å². The molecule has 4 rings (SSSR count). The monoisotopic (exact) mass is 301 g/mol. The molecule has 23 heavy (non-hydrogen) atoms. The molecule has 1 heteroatoms. The minimum absolute atomic E-state index is 0.424. The Morgan fingerprint density at radius 3 is 2.57 bits per heavy atom. The zero-order valence-electron chi connectivity index (χ0n) is 13.5. The van der Waals surface area contributed by atoms with Crippen LogP contribution in [0.4, 0.5) is 0 Å². The highest BCUT2D eigenvalue weighted by molar-refractivity contribution is 5.72. The van der Waals surface area contributed by atoms with Crippen molar-refractivity contribution in [1.29, 1.82) is 0 Å². The Kier molecular flexibility index (Phi) is 3.66. The zero-order chi connectivity index (χ0) is 15.8. The molecule has 0 aliphatic heterocycles. The van der Waals surface area contributed by atoms with Crippen molar-refractivity contribution < 1.29 is 0 Å². The first-order valence-corrected chi connectivity index (χ1v) is 8.51. The highest BCUT2D eigenvalue weighted by atomic mass is 15.2. The Labute approximate surface area is 139 Å². The number of fused-ring (bicyclic) bond motifs is 2. The van der Waals surface area contributed by atoms with Crippen molar-refractivity contribution in [2.24, 2.45) is 0 Å². The molecule has 0 N–H and O–H groups in total. The molecule has 2 aliphatic carbocycles. The van der Waals surface area contributed by atoms with E-state index in [1.807, 2.05) is 6.08 Å². The molecule has 0 bridgehead atoms. The molecular weight excluding hydrogens is 278 g/mol. The van der Waals surface area contributed by atoms with Gasteiger partial charge in [-0.15, -0.1) is 6.58 Å². The van der Waals surface area contributed by atoms with Crippen molar-refractivity contribution in [2.75, 3.05) is 6.54 Å². The molecule has 2 atom stereocenters. The maximum Gasteiger partial charge on any atom is 0.0403 e. The third kappa shape index (κ3) is 2.36. The summed E-state index contributed by atoms with van der Waals surface area (Å²) in [5.74, 6) is 0. The SMILES string of the molecule is C=CCN(C1CCc2ccccc21)C1CC(=C)c2ccccc21. The highest BCUT2D eigenvalue weighted by Gasteiger charge is 2.36. The standard InChI is InChI=1S/C22H23N/c1-3-14-23(21-13-12-17-8-4-5-10-19(17)21)22-15-16(2)18-9-6-7-11-20(18)22/h3-11,21-22H,1-2,12-15H2. The summed E-state index contributed by atoms with van der Waals surface area (Å²) >= 11 is 0. The zero-order valence-corrected chi connectivity index (χ0v) is 13.5. The van der Waals surface area contributed by atoms with Crippen LogP contribution in [0.2, 0.25) is 0 Å². The maximum absolute atomic E-state index is 4.31. The van der Waals surface area contributed by atoms with E-state index in [1.54, 1.807) is 0 Å². The fraction of sp³-hybridized carbons (Fsp3) is 0.273. The van der Waals surface area contributed by atoms with Crippen LogP contribution in [0.15, 0.2) is 67.8 Å². The van der Waals surface area contributed by atoms with Crippen LogP contribution in [-0.2, 0) is 6.42 Å². The molecule has 2 unspecified atom stereocenters. The van der Waals surface area contributed by atoms with Gasteiger partial charge >= 0.3 is 0 Å². The lowest BCUT2D eigenvalue weighted by Gasteiger charge is -2.34. The van der Waals surface area contributed by atoms with Crippen LogP contribution < -0.4 is 0 Å². The van der Waals surface area contributed by atoms with E-state index in [2.05, 4.69) is 66.6 Å². The molecular formula is C22H23N. The lowest BCUT2D eigenvalue weighted by Crippen LogP contribution is -2.31. The molecule has 2 aromatic carbocycles. The van der Waals surface area contributed by atoms with Gasteiger partial charge in [-0.3, -0.25) is 4.90 Å². The molecule has 2 aliphatic rings. The topological polar surface area (TPSA) is 3.24 Å². The summed E-state index contributed by atoms with van der Waals surface area (Å²) in [7, 11) is 0. The fourth-order valence-corrected chi connectivity index (χ4v) is 4.36. The second-order valence-corrected chi connectivity index (χ2v) is 6.65. The van der Waals surface area contributed by atoms with E-state index in [0.29, 0.717) is 12.1 Å². The Bertz CT molecular complexity index is 758. The highest BCUT2D eigenvalue weighted by Crippen LogP contribution is 2.47. The van der Waals surface area contributed by atoms with Gasteiger partial charge in [0.05, 0.1) is 0 Å². The maximum atomic E-state index is 4.31. The molecule has 0 saturated carbocycles. The third-order valence-electron chi connectivity index (χ3n) is 5.38. The van der Waals surface area contributed by atoms with Gasteiger partial charge in [-0.05, 0) is 47.1 Å². The van der Waals surface area contributed by atoms with E-state index in [0.717, 1.165) is 13.0 Å². The fourth-order valence-electron chi connectivity index (χ4n) is 4.36. The van der Waals surface area contributed by atoms with E-state index in [1.165, 1.54) is 40.7 Å². The Morgan fingerprint density at radius 2 is 1.74 bits per heavy atom. The summed E-state index contributed by atoms with van der Waals surface area (Å²) < 4.78 is 0. The van der Waals surface area contributed by atoms with Gasteiger partial charge in [-0.2, -0.15) is 0 Å². The average Bonchev–Trinajstić information content (AvgIpc) is 3.15. The lowest BCUT2D eigenvalue weighted by molar-refractivity contribution is 0.156. The quantitative estimate of drug-likeness (QED) is 0.691. The number of aryl methyl sites for hydroxylation is 1. The molecule has 2 aromatic rings. The van der Waals surface area contributed by atoms with Gasteiger partial charge in [-0.25, -0.2) is 0 Å². The van der Waals surface area contributed by atoms with Crippen LogP contribution in [0.5, 0.6) is 0 Å². The van der Waals surface area contributed by atoms with Gasteiger partial charge in [-0.1, -0.05) is 61.2 Å². The third-order valence-corrected chi connectivity index (χ3v) is 5.38. The smallest absolute Gasteiger partial charge is 0.0403 e. The van der Waals surface area contributed by atoms with Gasteiger partial charge in [0.15, 0.2) is 0 Å². The number of rotatable bonds is 4. The van der Waals surface area contributed by atoms with Crippen molar-refractivity contribution in [2.45, 2.75) is 31.3 Å². The van der Waals surface area contributed by atoms with Gasteiger partial charge in [0.2, 0.25) is 0 Å². The van der Waals surface area contributed by atoms with E-state index >= 15 is 0 Å². The van der Waals surface area contributed by atoms with Crippen LogP contribution in [0, 0.1) is 0 Å². The normalized spacial score (nSPS) is 22.2. The molecule has 0 fully saturated rings. The first-order chi connectivity index (χ1) is 11.3. The lowest BCUT2D eigenvalue weighted by atomic mass is 10.0. The van der Waals surface area contributed by atoms with E-state index < -0.39 is 0 Å². The predicted octanol–water partition coefficient (Wildman–Crippen LogP) is 5.32. The Hall–Kier alpha value is -2.12. The number of hydrogen-bond donors (Lipinski definition) is 0. The second-order valence-electron chi connectivity index (χ2n) is 6.65. The van der Waals surface area contributed by atoms with Crippen molar-refractivity contribution in [1.82, 2.24) is 4.90 Å². The Morgan fingerprint density at radius 1 is 1.00 bits per heavy atom. The second kappa shape index (κ2) is 5.82. The van der Waals surface area contributed by atoms with Crippen LogP contribution in [0.3, 0.4) is 0 Å². The molecule has 0 aromatic heterocycles. The number of benzene rings is 2. The van der Waals surface area contributed by atoms with Gasteiger partial charge < -0.3 is 0 Å². The molecule has 0 spiro atoms. The molecule has 116 valence electrons. The molecule has 0 radical (unpaired) electrons. The average molecular weight is 301 g/mol. The van der Waals surface area contributed by atoms with Gasteiger partial charge in [0.1, 0.15) is 0 Å².